The summed E-state index contributed by atoms with van der Waals surface area (Å²) in [6, 6.07) is 1.82. The molecule has 1 atom stereocenters. The van der Waals surface area contributed by atoms with Crippen LogP contribution in [0.25, 0.3) is 0 Å². The molecule has 3 heterocycles. The van der Waals surface area contributed by atoms with E-state index in [-0.39, 0.29) is 0 Å². The van der Waals surface area contributed by atoms with E-state index in [1.54, 1.807) is 12.4 Å². The second-order valence-corrected chi connectivity index (χ2v) is 5.36. The molecule has 8 heteroatoms. The molecule has 0 aliphatic carbocycles. The van der Waals surface area contributed by atoms with E-state index in [9.17, 15) is 5.11 Å². The number of aliphatic hydroxyl groups is 1. The lowest BCUT2D eigenvalue weighted by Crippen LogP contribution is -2.34. The topological polar surface area (TPSA) is 93.2 Å². The van der Waals surface area contributed by atoms with Crippen LogP contribution in [-0.4, -0.2) is 69.3 Å². The average molecular weight is 303 g/mol. The molecule has 0 amide bonds. The molecule has 0 aromatic carbocycles. The molecule has 0 spiro atoms. The van der Waals surface area contributed by atoms with Gasteiger partial charge in [-0.2, -0.15) is 4.98 Å². The summed E-state index contributed by atoms with van der Waals surface area (Å²) < 4.78 is 0. The minimum Gasteiger partial charge on any atom is -0.390 e. The predicted octanol–water partition coefficient (Wildman–Crippen LogP) is -0.0755. The van der Waals surface area contributed by atoms with Crippen molar-refractivity contribution in [2.45, 2.75) is 12.6 Å². The van der Waals surface area contributed by atoms with Crippen LogP contribution in [0.1, 0.15) is 5.82 Å². The average Bonchev–Trinajstić information content (AvgIpc) is 2.96. The molecule has 2 aromatic rings. The zero-order valence-corrected chi connectivity index (χ0v) is 12.6. The second-order valence-electron chi connectivity index (χ2n) is 5.36. The molecule has 8 nitrogen and oxygen atoms in total. The summed E-state index contributed by atoms with van der Waals surface area (Å²) in [4.78, 5) is 20.3. The third kappa shape index (κ3) is 3.52. The highest BCUT2D eigenvalue weighted by Gasteiger charge is 2.23. The first-order chi connectivity index (χ1) is 10.7. The lowest BCUT2D eigenvalue weighted by atomic mass is 10.3. The summed E-state index contributed by atoms with van der Waals surface area (Å²) >= 11 is 0. The van der Waals surface area contributed by atoms with E-state index < -0.39 is 6.10 Å². The van der Waals surface area contributed by atoms with Crippen LogP contribution in [-0.2, 0) is 6.54 Å². The van der Waals surface area contributed by atoms with Gasteiger partial charge in [-0.15, -0.1) is 0 Å². The Morgan fingerprint density at radius 3 is 3.00 bits per heavy atom. The first kappa shape index (κ1) is 14.7. The van der Waals surface area contributed by atoms with Gasteiger partial charge in [0.2, 0.25) is 5.95 Å². The molecule has 1 aliphatic rings. The molecule has 3 N–H and O–H groups in total. The number of H-pyrrole nitrogens is 1. The van der Waals surface area contributed by atoms with Gasteiger partial charge in [-0.25, -0.2) is 9.97 Å². The molecule has 1 fully saturated rings. The number of nitrogens with zero attached hydrogens (tertiary/aromatic N) is 5. The van der Waals surface area contributed by atoms with Crippen molar-refractivity contribution in [2.75, 3.05) is 43.4 Å². The van der Waals surface area contributed by atoms with E-state index in [2.05, 4.69) is 30.2 Å². The smallest absolute Gasteiger partial charge is 0.227 e. The number of anilines is 2. The Bertz CT molecular complexity index is 589. The number of aliphatic hydroxyl groups excluding tert-OH is 1. The van der Waals surface area contributed by atoms with Crippen molar-refractivity contribution in [3.05, 3.63) is 30.5 Å². The number of β-amino-alcohol motifs (C(OH)–C–C–N with tert-alkyl or cyclic N) is 1. The highest BCUT2D eigenvalue weighted by molar-refractivity contribution is 5.41. The molecule has 0 bridgehead atoms. The van der Waals surface area contributed by atoms with Gasteiger partial charge in [0.1, 0.15) is 11.6 Å². The van der Waals surface area contributed by atoms with Crippen LogP contribution >= 0.6 is 0 Å². The van der Waals surface area contributed by atoms with Crippen LogP contribution in [0.3, 0.4) is 0 Å². The molecule has 118 valence electrons. The maximum atomic E-state index is 10.3. The van der Waals surface area contributed by atoms with E-state index in [0.717, 1.165) is 24.7 Å². The normalized spacial score (nSPS) is 19.9. The largest absolute Gasteiger partial charge is 0.390 e. The Morgan fingerprint density at radius 1 is 1.32 bits per heavy atom. The molecule has 2 aromatic heterocycles. The van der Waals surface area contributed by atoms with Gasteiger partial charge >= 0.3 is 0 Å². The van der Waals surface area contributed by atoms with Crippen LogP contribution in [0.5, 0.6) is 0 Å². The van der Waals surface area contributed by atoms with Gasteiger partial charge in [-0.05, 0) is 6.07 Å². The number of aromatic nitrogens is 4. The molecule has 1 aliphatic heterocycles. The minimum atomic E-state index is -0.445. The highest BCUT2D eigenvalue weighted by atomic mass is 16.3. The van der Waals surface area contributed by atoms with E-state index in [1.807, 2.05) is 24.2 Å². The number of nitrogens with one attached hydrogen (secondary N) is 2. The first-order valence-electron chi connectivity index (χ1n) is 7.39. The maximum absolute atomic E-state index is 10.3. The number of rotatable bonds is 4. The molecule has 0 radical (unpaired) electrons. The first-order valence-corrected chi connectivity index (χ1v) is 7.39. The fourth-order valence-corrected chi connectivity index (χ4v) is 2.62. The molecule has 0 unspecified atom stereocenters. The summed E-state index contributed by atoms with van der Waals surface area (Å²) in [7, 11) is 1.83. The van der Waals surface area contributed by atoms with Crippen LogP contribution < -0.4 is 10.2 Å². The van der Waals surface area contributed by atoms with Gasteiger partial charge in [-0.3, -0.25) is 4.90 Å². The van der Waals surface area contributed by atoms with Crippen molar-refractivity contribution in [3.8, 4) is 0 Å². The number of hydrogen-bond acceptors (Lipinski definition) is 7. The van der Waals surface area contributed by atoms with Crippen molar-refractivity contribution in [1.82, 2.24) is 24.8 Å². The summed E-state index contributed by atoms with van der Waals surface area (Å²) in [5, 5.41) is 13.3. The summed E-state index contributed by atoms with van der Waals surface area (Å²) in [5.74, 6) is 2.33. The zero-order valence-electron chi connectivity index (χ0n) is 12.6. The van der Waals surface area contributed by atoms with Crippen LogP contribution in [0.2, 0.25) is 0 Å². The molecular weight excluding hydrogens is 282 g/mol. The van der Waals surface area contributed by atoms with Crippen LogP contribution in [0.15, 0.2) is 24.7 Å². The number of aromatic amines is 1. The molecule has 0 saturated carbocycles. The molecule has 3 rings (SSSR count). The van der Waals surface area contributed by atoms with Gasteiger partial charge in [0.25, 0.3) is 0 Å². The summed E-state index contributed by atoms with van der Waals surface area (Å²) in [6.07, 6.45) is 4.84. The third-order valence-electron chi connectivity index (χ3n) is 3.70. The summed E-state index contributed by atoms with van der Waals surface area (Å²) in [6.45, 7) is 3.44. The fraction of sp³-hybridized carbons (Fsp3) is 0.500. The summed E-state index contributed by atoms with van der Waals surface area (Å²) in [5.41, 5.74) is 0. The van der Waals surface area contributed by atoms with Crippen molar-refractivity contribution < 1.29 is 5.11 Å². The van der Waals surface area contributed by atoms with Crippen LogP contribution in [0.4, 0.5) is 11.8 Å². The Labute approximate surface area is 129 Å². The third-order valence-corrected chi connectivity index (χ3v) is 3.70. The second kappa shape index (κ2) is 6.71. The van der Waals surface area contributed by atoms with E-state index in [0.29, 0.717) is 25.6 Å². The number of hydrogen-bond donors (Lipinski definition) is 3. The lowest BCUT2D eigenvalue weighted by Gasteiger charge is -2.21. The Morgan fingerprint density at radius 2 is 2.23 bits per heavy atom. The van der Waals surface area contributed by atoms with E-state index >= 15 is 0 Å². The van der Waals surface area contributed by atoms with Crippen molar-refractivity contribution in [3.63, 3.8) is 0 Å². The van der Waals surface area contributed by atoms with Gasteiger partial charge in [-0.1, -0.05) is 0 Å². The lowest BCUT2D eigenvalue weighted by molar-refractivity contribution is 0.128. The zero-order chi connectivity index (χ0) is 15.4. The van der Waals surface area contributed by atoms with Crippen molar-refractivity contribution in [2.24, 2.45) is 0 Å². The van der Waals surface area contributed by atoms with Gasteiger partial charge in [0.05, 0.1) is 12.6 Å². The van der Waals surface area contributed by atoms with Gasteiger partial charge < -0.3 is 20.3 Å². The SMILES string of the molecule is CNc1ccnc(N2CCN(Cc3ncc[nH]3)C[C@H](O)C2)n1. The molecule has 1 saturated heterocycles. The Balaban J connectivity index is 1.68. The van der Waals surface area contributed by atoms with E-state index in [4.69, 9.17) is 0 Å². The van der Waals surface area contributed by atoms with Gasteiger partial charge in [0.15, 0.2) is 0 Å². The predicted molar refractivity (Wildman–Crippen MR) is 83.7 cm³/mol. The fourth-order valence-electron chi connectivity index (χ4n) is 2.62. The van der Waals surface area contributed by atoms with Crippen molar-refractivity contribution in [1.29, 1.82) is 0 Å². The minimum absolute atomic E-state index is 0.445. The van der Waals surface area contributed by atoms with Crippen LogP contribution in [0, 0.1) is 0 Å². The Kier molecular flexibility index (Phi) is 4.50. The van der Waals surface area contributed by atoms with Gasteiger partial charge in [0, 0.05) is 51.8 Å². The molecular formula is C14H21N7O. The maximum Gasteiger partial charge on any atom is 0.227 e. The standard InChI is InChI=1S/C14H21N7O/c1-15-12-2-3-18-14(19-12)21-7-6-20(8-11(22)9-21)10-13-16-4-5-17-13/h2-5,11,22H,6-10H2,1H3,(H,16,17)(H,15,18,19)/t11-/m0/s1. The Hall–Kier alpha value is -2.19. The van der Waals surface area contributed by atoms with E-state index in [1.165, 1.54) is 0 Å². The quantitative estimate of drug-likeness (QED) is 0.727. The number of imidazole rings is 1. The van der Waals surface area contributed by atoms with Crippen molar-refractivity contribution >= 4 is 11.8 Å². The highest BCUT2D eigenvalue weighted by Crippen LogP contribution is 2.14. The molecule has 22 heavy (non-hydrogen) atoms. The monoisotopic (exact) mass is 303 g/mol.